The molecule has 2 rings (SSSR count). The molecule has 1 aromatic carbocycles. The molecule has 4 nitrogen and oxygen atoms in total. The highest BCUT2D eigenvalue weighted by Crippen LogP contribution is 2.10. The van der Waals surface area contributed by atoms with Gasteiger partial charge in [0.2, 0.25) is 11.8 Å². The first-order chi connectivity index (χ1) is 10.6. The fourth-order valence-electron chi connectivity index (χ4n) is 2.74. The van der Waals surface area contributed by atoms with Crippen LogP contribution >= 0.6 is 0 Å². The molecule has 1 aliphatic heterocycles. The van der Waals surface area contributed by atoms with Crippen molar-refractivity contribution >= 4 is 11.8 Å². The second-order valence-electron chi connectivity index (χ2n) is 5.60. The van der Waals surface area contributed by atoms with Gasteiger partial charge in [-0.2, -0.15) is 0 Å². The van der Waals surface area contributed by atoms with Gasteiger partial charge in [-0.3, -0.25) is 9.59 Å². The van der Waals surface area contributed by atoms with Crippen LogP contribution in [0.15, 0.2) is 24.3 Å². The van der Waals surface area contributed by atoms with E-state index in [2.05, 4.69) is 0 Å². The van der Waals surface area contributed by atoms with Crippen LogP contribution in [0.2, 0.25) is 0 Å². The molecule has 1 aromatic rings. The van der Waals surface area contributed by atoms with Crippen molar-refractivity contribution in [2.24, 2.45) is 0 Å². The molecule has 5 heteroatoms. The topological polar surface area (TPSA) is 40.6 Å². The summed E-state index contributed by atoms with van der Waals surface area (Å²) in [6, 6.07) is 6.37. The summed E-state index contributed by atoms with van der Waals surface area (Å²) in [5, 5.41) is 0. The highest BCUT2D eigenvalue weighted by Gasteiger charge is 2.20. The molecule has 0 aromatic heterocycles. The average Bonchev–Trinajstić information content (AvgIpc) is 2.78. The van der Waals surface area contributed by atoms with Crippen LogP contribution in [0.5, 0.6) is 0 Å². The number of halogens is 1. The molecule has 0 aliphatic carbocycles. The van der Waals surface area contributed by atoms with E-state index in [9.17, 15) is 14.0 Å². The van der Waals surface area contributed by atoms with E-state index in [1.54, 1.807) is 6.07 Å². The third-order valence-electron chi connectivity index (χ3n) is 4.02. The quantitative estimate of drug-likeness (QED) is 0.856. The predicted octanol–water partition coefficient (Wildman–Crippen LogP) is 2.23. The molecule has 0 saturated carbocycles. The van der Waals surface area contributed by atoms with Crippen LogP contribution in [0.3, 0.4) is 0 Å². The lowest BCUT2D eigenvalue weighted by molar-refractivity contribution is -0.133. The van der Waals surface area contributed by atoms with Gasteiger partial charge in [0, 0.05) is 39.0 Å². The summed E-state index contributed by atoms with van der Waals surface area (Å²) < 4.78 is 13.1. The van der Waals surface area contributed by atoms with Gasteiger partial charge in [-0.25, -0.2) is 4.39 Å². The predicted molar refractivity (Wildman–Crippen MR) is 82.8 cm³/mol. The van der Waals surface area contributed by atoms with Gasteiger partial charge in [0.25, 0.3) is 0 Å². The summed E-state index contributed by atoms with van der Waals surface area (Å²) >= 11 is 0. The summed E-state index contributed by atoms with van der Waals surface area (Å²) in [5.41, 5.74) is 0.839. The molecule has 120 valence electrons. The molecule has 0 radical (unpaired) electrons. The standard InChI is InChI=1S/C17H23FN2O2/c1-2-16(21)19-9-4-10-20(12-11-19)17(22)8-7-14-5-3-6-15(18)13-14/h3,5-6,13H,2,4,7-12H2,1H3. The average molecular weight is 306 g/mol. The molecule has 0 atom stereocenters. The van der Waals surface area contributed by atoms with Crippen molar-refractivity contribution in [3.05, 3.63) is 35.6 Å². The van der Waals surface area contributed by atoms with Crippen LogP contribution in [-0.4, -0.2) is 47.8 Å². The van der Waals surface area contributed by atoms with E-state index in [-0.39, 0.29) is 17.6 Å². The lowest BCUT2D eigenvalue weighted by Gasteiger charge is -2.22. The fourth-order valence-corrected chi connectivity index (χ4v) is 2.74. The second kappa shape index (κ2) is 7.92. The van der Waals surface area contributed by atoms with Gasteiger partial charge in [0.1, 0.15) is 5.82 Å². The number of amides is 2. The smallest absolute Gasteiger partial charge is 0.222 e. The zero-order chi connectivity index (χ0) is 15.9. The van der Waals surface area contributed by atoms with Gasteiger partial charge in [-0.15, -0.1) is 0 Å². The van der Waals surface area contributed by atoms with Crippen molar-refractivity contribution in [1.82, 2.24) is 9.80 Å². The SMILES string of the molecule is CCC(=O)N1CCCN(C(=O)CCc2cccc(F)c2)CC1. The summed E-state index contributed by atoms with van der Waals surface area (Å²) in [6.07, 6.45) is 2.25. The van der Waals surface area contributed by atoms with E-state index in [4.69, 9.17) is 0 Å². The minimum absolute atomic E-state index is 0.0788. The Morgan fingerprint density at radius 1 is 1.09 bits per heavy atom. The molecule has 2 amide bonds. The zero-order valence-corrected chi connectivity index (χ0v) is 13.1. The fraction of sp³-hybridized carbons (Fsp3) is 0.529. The third kappa shape index (κ3) is 4.55. The van der Waals surface area contributed by atoms with Crippen molar-refractivity contribution in [2.45, 2.75) is 32.6 Å². The number of nitrogens with zero attached hydrogens (tertiary/aromatic N) is 2. The van der Waals surface area contributed by atoms with Crippen LogP contribution < -0.4 is 0 Å². The normalized spacial score (nSPS) is 15.5. The first-order valence-corrected chi connectivity index (χ1v) is 7.90. The van der Waals surface area contributed by atoms with E-state index >= 15 is 0 Å². The van der Waals surface area contributed by atoms with E-state index < -0.39 is 0 Å². The van der Waals surface area contributed by atoms with Crippen LogP contribution in [-0.2, 0) is 16.0 Å². The number of rotatable bonds is 4. The lowest BCUT2D eigenvalue weighted by Crippen LogP contribution is -2.37. The first kappa shape index (κ1) is 16.5. The van der Waals surface area contributed by atoms with Crippen molar-refractivity contribution in [3.63, 3.8) is 0 Å². The Kier molecular flexibility index (Phi) is 5.92. The second-order valence-corrected chi connectivity index (χ2v) is 5.60. The summed E-state index contributed by atoms with van der Waals surface area (Å²) in [4.78, 5) is 27.7. The Labute approximate surface area is 130 Å². The van der Waals surface area contributed by atoms with Gasteiger partial charge in [0.15, 0.2) is 0 Å². The molecule has 0 unspecified atom stereocenters. The van der Waals surface area contributed by atoms with Crippen molar-refractivity contribution in [1.29, 1.82) is 0 Å². The molecule has 1 fully saturated rings. The molecular weight excluding hydrogens is 283 g/mol. The van der Waals surface area contributed by atoms with Gasteiger partial charge in [0.05, 0.1) is 0 Å². The number of hydrogen-bond acceptors (Lipinski definition) is 2. The molecule has 1 saturated heterocycles. The Morgan fingerprint density at radius 3 is 2.41 bits per heavy atom. The molecular formula is C17H23FN2O2. The molecule has 0 spiro atoms. The lowest BCUT2D eigenvalue weighted by atomic mass is 10.1. The summed E-state index contributed by atoms with van der Waals surface area (Å²) in [7, 11) is 0. The summed E-state index contributed by atoms with van der Waals surface area (Å²) in [6.45, 7) is 4.47. The Hall–Kier alpha value is -1.91. The van der Waals surface area contributed by atoms with E-state index in [1.807, 2.05) is 22.8 Å². The largest absolute Gasteiger partial charge is 0.341 e. The highest BCUT2D eigenvalue weighted by atomic mass is 19.1. The number of benzene rings is 1. The summed E-state index contributed by atoms with van der Waals surface area (Å²) in [5.74, 6) is -0.0439. The van der Waals surface area contributed by atoms with Crippen molar-refractivity contribution < 1.29 is 14.0 Å². The van der Waals surface area contributed by atoms with Gasteiger partial charge >= 0.3 is 0 Å². The number of aryl methyl sites for hydroxylation is 1. The number of hydrogen-bond donors (Lipinski definition) is 0. The van der Waals surface area contributed by atoms with Gasteiger partial charge in [-0.1, -0.05) is 19.1 Å². The maximum atomic E-state index is 13.1. The molecule has 0 bridgehead atoms. The van der Waals surface area contributed by atoms with Gasteiger partial charge < -0.3 is 9.80 Å². The molecule has 0 N–H and O–H groups in total. The number of carbonyl (C=O) groups is 2. The van der Waals surface area contributed by atoms with Crippen LogP contribution in [0.25, 0.3) is 0 Å². The molecule has 1 heterocycles. The Bertz CT molecular complexity index is 533. The zero-order valence-electron chi connectivity index (χ0n) is 13.1. The van der Waals surface area contributed by atoms with Crippen molar-refractivity contribution in [3.8, 4) is 0 Å². The van der Waals surface area contributed by atoms with E-state index in [0.717, 1.165) is 18.5 Å². The molecule has 22 heavy (non-hydrogen) atoms. The van der Waals surface area contributed by atoms with E-state index in [0.29, 0.717) is 38.9 Å². The monoisotopic (exact) mass is 306 g/mol. The minimum atomic E-state index is -0.270. The number of carbonyl (C=O) groups excluding carboxylic acids is 2. The maximum absolute atomic E-state index is 13.1. The minimum Gasteiger partial charge on any atom is -0.341 e. The van der Waals surface area contributed by atoms with Crippen molar-refractivity contribution in [2.75, 3.05) is 26.2 Å². The van der Waals surface area contributed by atoms with Crippen LogP contribution in [0, 0.1) is 5.82 Å². The molecule has 1 aliphatic rings. The Morgan fingerprint density at radius 2 is 1.77 bits per heavy atom. The van der Waals surface area contributed by atoms with Crippen LogP contribution in [0.4, 0.5) is 4.39 Å². The Balaban J connectivity index is 1.84. The van der Waals surface area contributed by atoms with Gasteiger partial charge in [-0.05, 0) is 30.5 Å². The maximum Gasteiger partial charge on any atom is 0.222 e. The highest BCUT2D eigenvalue weighted by molar-refractivity contribution is 5.77. The van der Waals surface area contributed by atoms with E-state index in [1.165, 1.54) is 12.1 Å². The first-order valence-electron chi connectivity index (χ1n) is 7.90. The third-order valence-corrected chi connectivity index (χ3v) is 4.02. The van der Waals surface area contributed by atoms with Crippen LogP contribution in [0.1, 0.15) is 31.7 Å².